The molecule has 1 amide bonds. The summed E-state index contributed by atoms with van der Waals surface area (Å²) >= 11 is 3.41. The van der Waals surface area contributed by atoms with E-state index in [-0.39, 0.29) is 18.6 Å². The Hall–Kier alpha value is -1.38. The molecule has 0 bridgehead atoms. The van der Waals surface area contributed by atoms with Gasteiger partial charge in [-0.05, 0) is 53.4 Å². The maximum Gasteiger partial charge on any atom is 0.260 e. The maximum atomic E-state index is 12.2. The van der Waals surface area contributed by atoms with Gasteiger partial charge in [-0.1, -0.05) is 12.6 Å². The van der Waals surface area contributed by atoms with Crippen LogP contribution in [0.5, 0.6) is 5.75 Å². The van der Waals surface area contributed by atoms with Gasteiger partial charge < -0.3 is 9.64 Å². The number of likely N-dealkylation sites (tertiary alicyclic amines) is 1. The van der Waals surface area contributed by atoms with Crippen LogP contribution in [0.1, 0.15) is 18.4 Å². The van der Waals surface area contributed by atoms with Gasteiger partial charge in [-0.25, -0.2) is 13.1 Å². The van der Waals surface area contributed by atoms with Crippen LogP contribution in [-0.4, -0.2) is 45.0 Å². The molecule has 0 atom stereocenters. The molecule has 6 nitrogen and oxygen atoms in total. The number of aryl methyl sites for hydroxylation is 1. The lowest BCUT2D eigenvalue weighted by Gasteiger charge is -2.32. The molecule has 132 valence electrons. The summed E-state index contributed by atoms with van der Waals surface area (Å²) in [6.07, 6.45) is 1.15. The minimum atomic E-state index is -3.43. The van der Waals surface area contributed by atoms with Gasteiger partial charge in [0, 0.05) is 24.5 Å². The molecule has 0 unspecified atom stereocenters. The Kier molecular flexibility index (Phi) is 6.42. The minimum Gasteiger partial charge on any atom is -0.483 e. The van der Waals surface area contributed by atoms with Crippen molar-refractivity contribution in [2.75, 3.05) is 19.7 Å². The Morgan fingerprint density at radius 1 is 1.46 bits per heavy atom. The highest BCUT2D eigenvalue weighted by Gasteiger charge is 2.25. The number of carbonyl (C=O) groups is 1. The Morgan fingerprint density at radius 2 is 2.12 bits per heavy atom. The van der Waals surface area contributed by atoms with Crippen LogP contribution in [0.3, 0.4) is 0 Å². The SMILES string of the molecule is C=CS(=O)(=O)NC1CCN(C(=O)COc2ccc(C)cc2Br)CC1. The van der Waals surface area contributed by atoms with E-state index in [9.17, 15) is 13.2 Å². The molecular formula is C16H21BrN2O4S. The molecule has 1 aliphatic rings. The van der Waals surface area contributed by atoms with Crippen LogP contribution in [0.4, 0.5) is 0 Å². The van der Waals surface area contributed by atoms with Gasteiger partial charge in [0.2, 0.25) is 10.0 Å². The molecule has 0 aromatic heterocycles. The van der Waals surface area contributed by atoms with Crippen molar-refractivity contribution in [2.24, 2.45) is 0 Å². The maximum absolute atomic E-state index is 12.2. The number of halogens is 1. The second kappa shape index (κ2) is 8.13. The summed E-state index contributed by atoms with van der Waals surface area (Å²) in [5, 5.41) is 0.901. The van der Waals surface area contributed by atoms with Crippen LogP contribution in [0.15, 0.2) is 34.7 Å². The lowest BCUT2D eigenvalue weighted by atomic mass is 10.1. The molecule has 1 aromatic rings. The first-order valence-electron chi connectivity index (χ1n) is 7.62. The van der Waals surface area contributed by atoms with E-state index >= 15 is 0 Å². The van der Waals surface area contributed by atoms with Crippen LogP contribution in [-0.2, 0) is 14.8 Å². The van der Waals surface area contributed by atoms with Gasteiger partial charge in [-0.15, -0.1) is 0 Å². The minimum absolute atomic E-state index is 0.0370. The molecule has 0 spiro atoms. The standard InChI is InChI=1S/C16H21BrN2O4S/c1-3-24(21,22)18-13-6-8-19(9-7-13)16(20)11-23-15-5-4-12(2)10-14(15)17/h3-5,10,13,18H,1,6-9,11H2,2H3. The van der Waals surface area contributed by atoms with Crippen molar-refractivity contribution in [3.63, 3.8) is 0 Å². The van der Waals surface area contributed by atoms with Crippen LogP contribution in [0.2, 0.25) is 0 Å². The van der Waals surface area contributed by atoms with E-state index in [1.807, 2.05) is 25.1 Å². The van der Waals surface area contributed by atoms with Gasteiger partial charge in [-0.3, -0.25) is 4.79 Å². The van der Waals surface area contributed by atoms with Crippen LogP contribution < -0.4 is 9.46 Å². The molecule has 0 saturated carbocycles. The molecule has 1 saturated heterocycles. The second-order valence-corrected chi connectivity index (χ2v) is 8.22. The van der Waals surface area contributed by atoms with Crippen LogP contribution in [0, 0.1) is 6.92 Å². The van der Waals surface area contributed by atoms with Crippen molar-refractivity contribution >= 4 is 31.9 Å². The normalized spacial score (nSPS) is 16.0. The molecule has 1 N–H and O–H groups in total. The topological polar surface area (TPSA) is 75.7 Å². The van der Waals surface area contributed by atoms with Gasteiger partial charge in [0.25, 0.3) is 5.91 Å². The van der Waals surface area contributed by atoms with Crippen LogP contribution >= 0.6 is 15.9 Å². The number of nitrogens with zero attached hydrogens (tertiary/aromatic N) is 1. The van der Waals surface area contributed by atoms with E-state index < -0.39 is 10.0 Å². The van der Waals surface area contributed by atoms with E-state index in [0.29, 0.717) is 31.7 Å². The molecule has 0 aliphatic carbocycles. The van der Waals surface area contributed by atoms with E-state index in [0.717, 1.165) is 15.4 Å². The van der Waals surface area contributed by atoms with Crippen molar-refractivity contribution < 1.29 is 17.9 Å². The second-order valence-electron chi connectivity index (χ2n) is 5.71. The quantitative estimate of drug-likeness (QED) is 0.770. The Morgan fingerprint density at radius 3 is 2.71 bits per heavy atom. The molecule has 1 fully saturated rings. The fraction of sp³-hybridized carbons (Fsp3) is 0.438. The average Bonchev–Trinajstić information content (AvgIpc) is 2.54. The predicted molar refractivity (Wildman–Crippen MR) is 96.2 cm³/mol. The summed E-state index contributed by atoms with van der Waals surface area (Å²) in [5.41, 5.74) is 1.10. The third-order valence-electron chi connectivity index (χ3n) is 3.84. The molecule has 0 radical (unpaired) electrons. The highest BCUT2D eigenvalue weighted by atomic mass is 79.9. The highest BCUT2D eigenvalue weighted by Crippen LogP contribution is 2.25. The number of benzene rings is 1. The number of hydrogen-bond acceptors (Lipinski definition) is 4. The van der Waals surface area contributed by atoms with E-state index in [1.165, 1.54) is 0 Å². The zero-order valence-electron chi connectivity index (χ0n) is 13.5. The number of sulfonamides is 1. The summed E-state index contributed by atoms with van der Waals surface area (Å²) in [6, 6.07) is 5.51. The first-order chi connectivity index (χ1) is 11.3. The van der Waals surface area contributed by atoms with Crippen molar-refractivity contribution in [1.29, 1.82) is 0 Å². The third-order valence-corrected chi connectivity index (χ3v) is 5.56. The smallest absolute Gasteiger partial charge is 0.260 e. The van der Waals surface area contributed by atoms with Gasteiger partial charge >= 0.3 is 0 Å². The van der Waals surface area contributed by atoms with E-state index in [4.69, 9.17) is 4.74 Å². The summed E-state index contributed by atoms with van der Waals surface area (Å²) in [5.74, 6) is 0.523. The average molecular weight is 417 g/mol. The fourth-order valence-corrected chi connectivity index (χ4v) is 3.89. The van der Waals surface area contributed by atoms with Crippen molar-refractivity contribution in [3.8, 4) is 5.75 Å². The van der Waals surface area contributed by atoms with Crippen molar-refractivity contribution in [1.82, 2.24) is 9.62 Å². The molecule has 1 aliphatic heterocycles. The first kappa shape index (κ1) is 19.0. The number of rotatable bonds is 6. The zero-order chi connectivity index (χ0) is 17.7. The Bertz CT molecular complexity index is 713. The van der Waals surface area contributed by atoms with Gasteiger partial charge in [0.15, 0.2) is 6.61 Å². The highest BCUT2D eigenvalue weighted by molar-refractivity contribution is 9.10. The van der Waals surface area contributed by atoms with Crippen LogP contribution in [0.25, 0.3) is 0 Å². The largest absolute Gasteiger partial charge is 0.483 e. The number of nitrogens with one attached hydrogen (secondary N) is 1. The summed E-state index contributed by atoms with van der Waals surface area (Å²) in [7, 11) is -3.43. The molecular weight excluding hydrogens is 396 g/mol. The van der Waals surface area contributed by atoms with Crippen molar-refractivity contribution in [3.05, 3.63) is 40.2 Å². The number of ether oxygens (including phenoxy) is 1. The first-order valence-corrected chi connectivity index (χ1v) is 9.96. The summed E-state index contributed by atoms with van der Waals surface area (Å²) in [6.45, 7) is 6.21. The number of amides is 1. The van der Waals surface area contributed by atoms with E-state index in [2.05, 4.69) is 27.2 Å². The summed E-state index contributed by atoms with van der Waals surface area (Å²) < 4.78 is 31.9. The Labute approximate surface area is 151 Å². The Balaban J connectivity index is 1.81. The van der Waals surface area contributed by atoms with E-state index in [1.54, 1.807) is 4.90 Å². The molecule has 8 heteroatoms. The number of carbonyl (C=O) groups excluding carboxylic acids is 1. The zero-order valence-corrected chi connectivity index (χ0v) is 15.9. The third kappa shape index (κ3) is 5.32. The fourth-order valence-electron chi connectivity index (χ4n) is 2.48. The number of hydrogen-bond donors (Lipinski definition) is 1. The molecule has 24 heavy (non-hydrogen) atoms. The number of piperidine rings is 1. The van der Waals surface area contributed by atoms with Crippen molar-refractivity contribution in [2.45, 2.75) is 25.8 Å². The van der Waals surface area contributed by atoms with Gasteiger partial charge in [0.05, 0.1) is 4.47 Å². The van der Waals surface area contributed by atoms with Gasteiger partial charge in [-0.2, -0.15) is 0 Å². The summed E-state index contributed by atoms with van der Waals surface area (Å²) in [4.78, 5) is 13.9. The molecule has 1 aromatic carbocycles. The lowest BCUT2D eigenvalue weighted by Crippen LogP contribution is -2.47. The lowest BCUT2D eigenvalue weighted by molar-refractivity contribution is -0.134. The predicted octanol–water partition coefficient (Wildman–Crippen LogP) is 2.19. The van der Waals surface area contributed by atoms with Gasteiger partial charge in [0.1, 0.15) is 5.75 Å². The molecule has 2 rings (SSSR count). The monoisotopic (exact) mass is 416 g/mol. The molecule has 1 heterocycles.